The van der Waals surface area contributed by atoms with Crippen LogP contribution in [-0.2, 0) is 19.1 Å². The van der Waals surface area contributed by atoms with E-state index in [4.69, 9.17) is 4.74 Å². The zero-order valence-corrected chi connectivity index (χ0v) is 12.4. The molecule has 0 unspecified atom stereocenters. The normalized spacial score (nSPS) is 15.4. The van der Waals surface area contributed by atoms with Crippen LogP contribution in [0.3, 0.4) is 0 Å². The highest BCUT2D eigenvalue weighted by Crippen LogP contribution is 2.11. The third-order valence-electron chi connectivity index (χ3n) is 3.08. The minimum absolute atomic E-state index is 0.106. The third kappa shape index (κ3) is 4.15. The summed E-state index contributed by atoms with van der Waals surface area (Å²) in [5, 5.41) is 6.30. The van der Waals surface area contributed by atoms with Crippen molar-refractivity contribution in [3.63, 3.8) is 0 Å². The average Bonchev–Trinajstić information content (AvgIpc) is 2.47. The van der Waals surface area contributed by atoms with Crippen molar-refractivity contribution >= 4 is 29.2 Å². The zero-order chi connectivity index (χ0) is 16.1. The highest BCUT2D eigenvalue weighted by Gasteiger charge is 2.24. The number of amides is 2. The lowest BCUT2D eigenvalue weighted by molar-refractivity contribution is -0.146. The van der Waals surface area contributed by atoms with Gasteiger partial charge in [-0.05, 0) is 31.5 Å². The van der Waals surface area contributed by atoms with Gasteiger partial charge in [0.05, 0.1) is 0 Å². The highest BCUT2D eigenvalue weighted by molar-refractivity contribution is 6.37. The van der Waals surface area contributed by atoms with E-state index in [9.17, 15) is 14.4 Å². The Morgan fingerprint density at radius 1 is 1.36 bits per heavy atom. The second kappa shape index (κ2) is 6.84. The van der Waals surface area contributed by atoms with Gasteiger partial charge >= 0.3 is 5.97 Å². The summed E-state index contributed by atoms with van der Waals surface area (Å²) in [6.07, 6.45) is -0.581. The summed E-state index contributed by atoms with van der Waals surface area (Å²) in [7, 11) is 0. The van der Waals surface area contributed by atoms with Gasteiger partial charge in [0.25, 0.3) is 5.91 Å². The Bertz CT molecular complexity index is 639. The highest BCUT2D eigenvalue weighted by atomic mass is 16.5. The van der Waals surface area contributed by atoms with Crippen LogP contribution in [0.5, 0.6) is 0 Å². The van der Waals surface area contributed by atoms with E-state index in [-0.39, 0.29) is 24.5 Å². The lowest BCUT2D eigenvalue weighted by Crippen LogP contribution is -2.35. The van der Waals surface area contributed by atoms with Crippen LogP contribution in [0.4, 0.5) is 5.69 Å². The molecule has 1 aromatic rings. The molecule has 2 amide bonds. The number of nitrogens with zero attached hydrogens (tertiary/aromatic N) is 1. The van der Waals surface area contributed by atoms with Crippen LogP contribution in [0.25, 0.3) is 0 Å². The lowest BCUT2D eigenvalue weighted by Gasteiger charge is -2.16. The van der Waals surface area contributed by atoms with E-state index in [1.54, 1.807) is 6.07 Å². The van der Waals surface area contributed by atoms with Crippen LogP contribution in [0.15, 0.2) is 29.4 Å². The van der Waals surface area contributed by atoms with E-state index in [2.05, 4.69) is 15.8 Å². The Hall–Kier alpha value is -2.70. The Balaban J connectivity index is 1.91. The molecule has 1 aliphatic heterocycles. The number of esters is 1. The summed E-state index contributed by atoms with van der Waals surface area (Å²) < 4.78 is 5.06. The molecule has 0 spiro atoms. The molecule has 22 heavy (non-hydrogen) atoms. The first-order valence-electron chi connectivity index (χ1n) is 6.89. The van der Waals surface area contributed by atoms with Crippen molar-refractivity contribution in [1.82, 2.24) is 5.43 Å². The van der Waals surface area contributed by atoms with E-state index in [0.29, 0.717) is 5.69 Å². The maximum atomic E-state index is 12.0. The molecule has 0 aromatic heterocycles. The fraction of sp³-hybridized carbons (Fsp3) is 0.333. The molecule has 0 radical (unpaired) electrons. The van der Waals surface area contributed by atoms with E-state index >= 15 is 0 Å². The Morgan fingerprint density at radius 2 is 2.14 bits per heavy atom. The molecule has 0 saturated heterocycles. The number of carbonyl (C=O) groups excluding carboxylic acids is 3. The van der Waals surface area contributed by atoms with Crippen LogP contribution >= 0.6 is 0 Å². The topological polar surface area (TPSA) is 96.9 Å². The Morgan fingerprint density at radius 3 is 2.77 bits per heavy atom. The number of aryl methyl sites for hydroxylation is 1. The molecule has 7 nitrogen and oxygen atoms in total. The van der Waals surface area contributed by atoms with Crippen molar-refractivity contribution < 1.29 is 19.1 Å². The summed E-state index contributed by atoms with van der Waals surface area (Å²) in [6.45, 7) is 3.39. The largest absolute Gasteiger partial charge is 0.448 e. The molecule has 7 heteroatoms. The molecule has 2 N–H and O–H groups in total. The molecular weight excluding hydrogens is 286 g/mol. The molecule has 0 saturated carbocycles. The van der Waals surface area contributed by atoms with Crippen molar-refractivity contribution in [3.05, 3.63) is 29.8 Å². The first kappa shape index (κ1) is 15.7. The molecular formula is C15H17N3O4. The number of anilines is 1. The maximum Gasteiger partial charge on any atom is 0.355 e. The van der Waals surface area contributed by atoms with Crippen LogP contribution < -0.4 is 10.7 Å². The van der Waals surface area contributed by atoms with E-state index in [1.165, 1.54) is 6.92 Å². The Labute approximate surface area is 127 Å². The summed E-state index contributed by atoms with van der Waals surface area (Å²) in [6, 6.07) is 7.29. The van der Waals surface area contributed by atoms with Crippen molar-refractivity contribution in [2.75, 3.05) is 5.32 Å². The number of nitrogens with one attached hydrogen (secondary N) is 2. The number of hydrazone groups is 1. The minimum atomic E-state index is -0.964. The average molecular weight is 303 g/mol. The van der Waals surface area contributed by atoms with Crippen LogP contribution in [0.1, 0.15) is 25.3 Å². The van der Waals surface area contributed by atoms with Crippen molar-refractivity contribution in [1.29, 1.82) is 0 Å². The van der Waals surface area contributed by atoms with Crippen molar-refractivity contribution in [3.8, 4) is 0 Å². The molecule has 1 atom stereocenters. The van der Waals surface area contributed by atoms with Crippen LogP contribution in [-0.4, -0.2) is 29.6 Å². The predicted molar refractivity (Wildman–Crippen MR) is 80.2 cm³/mol. The van der Waals surface area contributed by atoms with Gasteiger partial charge in [-0.3, -0.25) is 9.59 Å². The van der Waals surface area contributed by atoms with Gasteiger partial charge in [0.2, 0.25) is 5.91 Å². The SMILES string of the molecule is Cc1cccc(NC(=O)[C@@H](C)OC(=O)C2=NNC(=O)CC2)c1. The second-order valence-electron chi connectivity index (χ2n) is 5.00. The molecule has 0 bridgehead atoms. The summed E-state index contributed by atoms with van der Waals surface area (Å²) in [5.74, 6) is -1.38. The van der Waals surface area contributed by atoms with E-state index in [1.807, 2.05) is 25.1 Å². The molecule has 1 aromatic carbocycles. The first-order chi connectivity index (χ1) is 10.5. The standard InChI is InChI=1S/C15H17N3O4/c1-9-4-3-5-11(8-9)16-14(20)10(2)22-15(21)12-6-7-13(19)18-17-12/h3-5,8,10H,6-7H2,1-2H3,(H,16,20)(H,18,19)/t10-/m1/s1. The fourth-order valence-corrected chi connectivity index (χ4v) is 1.87. The van der Waals surface area contributed by atoms with Crippen molar-refractivity contribution in [2.24, 2.45) is 5.10 Å². The van der Waals surface area contributed by atoms with Crippen molar-refractivity contribution in [2.45, 2.75) is 32.8 Å². The summed E-state index contributed by atoms with van der Waals surface area (Å²) in [5.41, 5.74) is 3.96. The maximum absolute atomic E-state index is 12.0. The zero-order valence-electron chi connectivity index (χ0n) is 12.4. The summed E-state index contributed by atoms with van der Waals surface area (Å²) in [4.78, 5) is 34.8. The van der Waals surface area contributed by atoms with Crippen LogP contribution in [0.2, 0.25) is 0 Å². The van der Waals surface area contributed by atoms with Gasteiger partial charge in [-0.25, -0.2) is 10.2 Å². The number of hydrogen-bond donors (Lipinski definition) is 2. The van der Waals surface area contributed by atoms with Gasteiger partial charge < -0.3 is 10.1 Å². The molecule has 1 heterocycles. The second-order valence-corrected chi connectivity index (χ2v) is 5.00. The molecule has 2 rings (SSSR count). The van der Waals surface area contributed by atoms with Gasteiger partial charge in [-0.1, -0.05) is 12.1 Å². The number of benzene rings is 1. The van der Waals surface area contributed by atoms with Gasteiger partial charge in [0, 0.05) is 18.5 Å². The quantitative estimate of drug-likeness (QED) is 0.815. The third-order valence-corrected chi connectivity index (χ3v) is 3.08. The monoisotopic (exact) mass is 303 g/mol. The predicted octanol–water partition coefficient (Wildman–Crippen LogP) is 1.13. The fourth-order valence-electron chi connectivity index (χ4n) is 1.87. The van der Waals surface area contributed by atoms with E-state index < -0.39 is 18.0 Å². The number of rotatable bonds is 4. The molecule has 116 valence electrons. The number of ether oxygens (including phenoxy) is 1. The molecule has 0 fully saturated rings. The van der Waals surface area contributed by atoms with Gasteiger partial charge in [0.15, 0.2) is 6.10 Å². The Kier molecular flexibility index (Phi) is 4.88. The van der Waals surface area contributed by atoms with E-state index in [0.717, 1.165) is 5.56 Å². The number of carbonyl (C=O) groups is 3. The first-order valence-corrected chi connectivity index (χ1v) is 6.89. The van der Waals surface area contributed by atoms with Gasteiger partial charge in [0.1, 0.15) is 5.71 Å². The molecule has 1 aliphatic rings. The van der Waals surface area contributed by atoms with Crippen LogP contribution in [0, 0.1) is 6.92 Å². The minimum Gasteiger partial charge on any atom is -0.448 e. The smallest absolute Gasteiger partial charge is 0.355 e. The molecule has 0 aliphatic carbocycles. The number of hydrogen-bond acceptors (Lipinski definition) is 5. The van der Waals surface area contributed by atoms with Gasteiger partial charge in [-0.2, -0.15) is 5.10 Å². The lowest BCUT2D eigenvalue weighted by atomic mass is 10.2. The summed E-state index contributed by atoms with van der Waals surface area (Å²) >= 11 is 0. The van der Waals surface area contributed by atoms with Gasteiger partial charge in [-0.15, -0.1) is 0 Å².